The molecule has 6 heteroatoms. The molecule has 1 heterocycles. The molecule has 2 aromatic rings. The molecular weight excluding hydrogens is 326 g/mol. The molecule has 0 unspecified atom stereocenters. The van der Waals surface area contributed by atoms with Crippen molar-refractivity contribution < 1.29 is 17.9 Å². The van der Waals surface area contributed by atoms with Gasteiger partial charge in [-0.3, -0.25) is 4.31 Å². The Kier molecular flexibility index (Phi) is 4.41. The lowest BCUT2D eigenvalue weighted by atomic mass is 10.0. The predicted octanol–water partition coefficient (Wildman–Crippen LogP) is 3.15. The molecule has 0 aliphatic carbocycles. The van der Waals surface area contributed by atoms with Crippen LogP contribution >= 0.6 is 0 Å². The van der Waals surface area contributed by atoms with Crippen molar-refractivity contribution in [1.82, 2.24) is 0 Å². The number of hydrogen-bond donors (Lipinski definition) is 0. The maximum Gasteiger partial charge on any atom is 0.268 e. The highest BCUT2D eigenvalue weighted by Crippen LogP contribution is 2.36. The summed E-state index contributed by atoms with van der Waals surface area (Å²) in [6.45, 7) is 2.48. The number of rotatable bonds is 4. The highest BCUT2D eigenvalue weighted by Gasteiger charge is 2.31. The van der Waals surface area contributed by atoms with Gasteiger partial charge in [0.2, 0.25) is 0 Å². The van der Waals surface area contributed by atoms with Crippen molar-refractivity contribution in [2.24, 2.45) is 0 Å². The summed E-state index contributed by atoms with van der Waals surface area (Å²) in [6, 6.07) is 10.6. The van der Waals surface area contributed by atoms with E-state index in [1.807, 2.05) is 19.1 Å². The lowest BCUT2D eigenvalue weighted by Crippen LogP contribution is -2.35. The topological polar surface area (TPSA) is 55.8 Å². The van der Waals surface area contributed by atoms with Crippen LogP contribution in [0.4, 0.5) is 5.69 Å². The van der Waals surface area contributed by atoms with Gasteiger partial charge in [0.05, 0.1) is 19.9 Å². The number of nitrogens with zero attached hydrogens (tertiary/aromatic N) is 1. The zero-order valence-electron chi connectivity index (χ0n) is 14.1. The lowest BCUT2D eigenvalue weighted by molar-refractivity contribution is 0.386. The summed E-state index contributed by atoms with van der Waals surface area (Å²) in [7, 11) is -0.710. The van der Waals surface area contributed by atoms with Gasteiger partial charge in [-0.05, 0) is 43.5 Å². The fourth-order valence-corrected chi connectivity index (χ4v) is 4.73. The second-order valence-corrected chi connectivity index (χ2v) is 7.66. The van der Waals surface area contributed by atoms with E-state index < -0.39 is 10.0 Å². The van der Waals surface area contributed by atoms with Crippen LogP contribution in [-0.2, 0) is 16.4 Å². The normalized spacial score (nSPS) is 14.2. The summed E-state index contributed by atoms with van der Waals surface area (Å²) in [5.41, 5.74) is 2.96. The van der Waals surface area contributed by atoms with E-state index >= 15 is 0 Å². The molecule has 0 atom stereocenters. The van der Waals surface area contributed by atoms with Crippen molar-refractivity contribution >= 4 is 15.7 Å². The van der Waals surface area contributed by atoms with Crippen molar-refractivity contribution in [3.8, 4) is 11.5 Å². The molecule has 0 saturated heterocycles. The van der Waals surface area contributed by atoms with E-state index in [2.05, 4.69) is 6.07 Å². The summed E-state index contributed by atoms with van der Waals surface area (Å²) in [5.74, 6) is 0.842. The first-order chi connectivity index (χ1) is 11.5. The van der Waals surface area contributed by atoms with Crippen LogP contribution in [0.1, 0.15) is 17.5 Å². The Hall–Kier alpha value is -2.21. The fourth-order valence-electron chi connectivity index (χ4n) is 3.05. The van der Waals surface area contributed by atoms with Crippen LogP contribution in [0.3, 0.4) is 0 Å². The standard InChI is InChI=1S/C18H21NO4S/c1-13-6-8-16-14(11-13)5-4-10-19(16)24(20,21)18-9-7-15(22-2)12-17(18)23-3/h6-9,11-12H,4-5,10H2,1-3H3. The minimum Gasteiger partial charge on any atom is -0.497 e. The molecule has 24 heavy (non-hydrogen) atoms. The van der Waals surface area contributed by atoms with Crippen LogP contribution in [0.5, 0.6) is 11.5 Å². The zero-order chi connectivity index (χ0) is 17.3. The molecule has 0 bridgehead atoms. The maximum absolute atomic E-state index is 13.2. The Balaban J connectivity index is 2.10. The van der Waals surface area contributed by atoms with Crippen LogP contribution in [0.25, 0.3) is 0 Å². The molecule has 0 saturated carbocycles. The largest absolute Gasteiger partial charge is 0.497 e. The molecule has 1 aliphatic rings. The van der Waals surface area contributed by atoms with E-state index in [9.17, 15) is 8.42 Å². The number of benzene rings is 2. The molecule has 0 amide bonds. The van der Waals surface area contributed by atoms with E-state index in [-0.39, 0.29) is 10.6 Å². The second kappa shape index (κ2) is 6.36. The third kappa shape index (κ3) is 2.82. The van der Waals surface area contributed by atoms with Gasteiger partial charge in [0.15, 0.2) is 0 Å². The van der Waals surface area contributed by atoms with Crippen molar-refractivity contribution in [3.63, 3.8) is 0 Å². The van der Waals surface area contributed by atoms with Gasteiger partial charge in [0.25, 0.3) is 10.0 Å². The van der Waals surface area contributed by atoms with Crippen molar-refractivity contribution in [2.45, 2.75) is 24.7 Å². The smallest absolute Gasteiger partial charge is 0.268 e. The number of ether oxygens (including phenoxy) is 2. The van der Waals surface area contributed by atoms with Crippen LogP contribution < -0.4 is 13.8 Å². The SMILES string of the molecule is COc1ccc(S(=O)(=O)N2CCCc3cc(C)ccc32)c(OC)c1. The average Bonchev–Trinajstić information content (AvgIpc) is 2.60. The first kappa shape index (κ1) is 16.6. The summed E-state index contributed by atoms with van der Waals surface area (Å²) in [4.78, 5) is 0.152. The lowest BCUT2D eigenvalue weighted by Gasteiger charge is -2.31. The molecule has 1 aliphatic heterocycles. The Morgan fingerprint density at radius 3 is 2.54 bits per heavy atom. The first-order valence-corrected chi connectivity index (χ1v) is 9.25. The zero-order valence-corrected chi connectivity index (χ0v) is 14.9. The Morgan fingerprint density at radius 2 is 1.83 bits per heavy atom. The molecule has 0 fully saturated rings. The number of hydrogen-bond acceptors (Lipinski definition) is 4. The summed E-state index contributed by atoms with van der Waals surface area (Å²) >= 11 is 0. The van der Waals surface area contributed by atoms with Crippen LogP contribution in [0.15, 0.2) is 41.3 Å². The summed E-state index contributed by atoms with van der Waals surface area (Å²) < 4.78 is 38.4. The van der Waals surface area contributed by atoms with Gasteiger partial charge in [-0.2, -0.15) is 0 Å². The third-order valence-corrected chi connectivity index (χ3v) is 6.10. The summed E-state index contributed by atoms with van der Waals surface area (Å²) in [6.07, 6.45) is 1.69. The minimum atomic E-state index is -3.70. The number of anilines is 1. The summed E-state index contributed by atoms with van der Waals surface area (Å²) in [5, 5.41) is 0. The van der Waals surface area contributed by atoms with Gasteiger partial charge in [0, 0.05) is 12.6 Å². The monoisotopic (exact) mass is 347 g/mol. The van der Waals surface area contributed by atoms with Crippen LogP contribution in [-0.4, -0.2) is 29.2 Å². The highest BCUT2D eigenvalue weighted by atomic mass is 32.2. The fraction of sp³-hybridized carbons (Fsp3) is 0.333. The Bertz CT molecular complexity index is 861. The highest BCUT2D eigenvalue weighted by molar-refractivity contribution is 7.93. The van der Waals surface area contributed by atoms with Crippen molar-refractivity contribution in [3.05, 3.63) is 47.5 Å². The third-order valence-electron chi connectivity index (χ3n) is 4.25. The predicted molar refractivity (Wildman–Crippen MR) is 93.6 cm³/mol. The van der Waals surface area contributed by atoms with Crippen LogP contribution in [0.2, 0.25) is 0 Å². The number of sulfonamides is 1. The van der Waals surface area contributed by atoms with E-state index in [0.29, 0.717) is 12.3 Å². The molecule has 0 spiro atoms. The Labute approximate surface area is 142 Å². The Morgan fingerprint density at radius 1 is 1.04 bits per heavy atom. The van der Waals surface area contributed by atoms with E-state index in [4.69, 9.17) is 9.47 Å². The molecular formula is C18H21NO4S. The van der Waals surface area contributed by atoms with E-state index in [1.54, 1.807) is 12.1 Å². The van der Waals surface area contributed by atoms with Gasteiger partial charge in [-0.1, -0.05) is 17.7 Å². The van der Waals surface area contributed by atoms with Crippen LogP contribution in [0, 0.1) is 6.92 Å². The minimum absolute atomic E-state index is 0.152. The van der Waals surface area contributed by atoms with E-state index in [1.165, 1.54) is 24.6 Å². The molecule has 0 N–H and O–H groups in total. The van der Waals surface area contributed by atoms with Gasteiger partial charge >= 0.3 is 0 Å². The quantitative estimate of drug-likeness (QED) is 0.852. The number of aryl methyl sites for hydroxylation is 2. The second-order valence-electron chi connectivity index (χ2n) is 5.83. The average molecular weight is 347 g/mol. The molecule has 2 aromatic carbocycles. The number of fused-ring (bicyclic) bond motifs is 1. The van der Waals surface area contributed by atoms with E-state index in [0.717, 1.165) is 29.7 Å². The van der Waals surface area contributed by atoms with Gasteiger partial charge in [0.1, 0.15) is 16.4 Å². The molecule has 0 radical (unpaired) electrons. The molecule has 3 rings (SSSR count). The van der Waals surface area contributed by atoms with Gasteiger partial charge in [-0.15, -0.1) is 0 Å². The number of methoxy groups -OCH3 is 2. The van der Waals surface area contributed by atoms with Gasteiger partial charge < -0.3 is 9.47 Å². The molecule has 5 nitrogen and oxygen atoms in total. The van der Waals surface area contributed by atoms with Gasteiger partial charge in [-0.25, -0.2) is 8.42 Å². The van der Waals surface area contributed by atoms with Crippen molar-refractivity contribution in [1.29, 1.82) is 0 Å². The van der Waals surface area contributed by atoms with Crippen molar-refractivity contribution in [2.75, 3.05) is 25.1 Å². The molecule has 128 valence electrons. The first-order valence-electron chi connectivity index (χ1n) is 7.81. The molecule has 0 aromatic heterocycles. The maximum atomic E-state index is 13.2.